The lowest BCUT2D eigenvalue weighted by molar-refractivity contribution is 0.142. The molecular formula is C9H18N2. The number of nitrogens with zero attached hydrogens (tertiary/aromatic N) is 2. The molecule has 0 aliphatic heterocycles. The summed E-state index contributed by atoms with van der Waals surface area (Å²) in [6, 6.07) is 2.33. The molecule has 0 N–H and O–H groups in total. The van der Waals surface area contributed by atoms with Crippen LogP contribution in [0.2, 0.25) is 0 Å². The molecule has 0 rings (SSSR count). The minimum absolute atomic E-state index is 0.0509. The van der Waals surface area contributed by atoms with Crippen molar-refractivity contribution in [2.75, 3.05) is 7.05 Å². The van der Waals surface area contributed by atoms with E-state index in [4.69, 9.17) is 5.26 Å². The Morgan fingerprint density at radius 3 is 2.00 bits per heavy atom. The second-order valence-electron chi connectivity index (χ2n) is 3.83. The summed E-state index contributed by atoms with van der Waals surface area (Å²) in [4.78, 5) is 2.10. The second kappa shape index (κ2) is 3.73. The zero-order chi connectivity index (χ0) is 9.07. The maximum atomic E-state index is 8.77. The van der Waals surface area contributed by atoms with Crippen LogP contribution in [0.15, 0.2) is 0 Å². The minimum atomic E-state index is 0.0509. The average Bonchev–Trinajstić information content (AvgIpc) is 1.88. The molecule has 64 valence electrons. The van der Waals surface area contributed by atoms with Gasteiger partial charge in [0, 0.05) is 5.54 Å². The molecule has 0 saturated heterocycles. The summed E-state index contributed by atoms with van der Waals surface area (Å²) in [7, 11) is 2.00. The van der Waals surface area contributed by atoms with Crippen LogP contribution in [-0.4, -0.2) is 23.5 Å². The lowest BCUT2D eigenvalue weighted by Gasteiger charge is -2.34. The van der Waals surface area contributed by atoms with Gasteiger partial charge < -0.3 is 0 Å². The van der Waals surface area contributed by atoms with Gasteiger partial charge in [-0.3, -0.25) is 4.90 Å². The lowest BCUT2D eigenvalue weighted by atomic mass is 10.0. The topological polar surface area (TPSA) is 27.0 Å². The van der Waals surface area contributed by atoms with E-state index in [-0.39, 0.29) is 11.6 Å². The van der Waals surface area contributed by atoms with Crippen LogP contribution in [0, 0.1) is 11.3 Å². The smallest absolute Gasteiger partial charge is 0.0976 e. The Labute approximate surface area is 69.8 Å². The molecule has 1 atom stereocenters. The van der Waals surface area contributed by atoms with Gasteiger partial charge in [-0.1, -0.05) is 6.92 Å². The first-order chi connectivity index (χ1) is 4.93. The molecule has 0 spiro atoms. The van der Waals surface area contributed by atoms with Gasteiger partial charge in [-0.25, -0.2) is 0 Å². The lowest BCUT2D eigenvalue weighted by Crippen LogP contribution is -2.44. The zero-order valence-corrected chi connectivity index (χ0v) is 8.18. The summed E-state index contributed by atoms with van der Waals surface area (Å²) in [5.74, 6) is 0. The first-order valence-electron chi connectivity index (χ1n) is 4.06. The minimum Gasteiger partial charge on any atom is -0.286 e. The Balaban J connectivity index is 4.24. The fourth-order valence-corrected chi connectivity index (χ4v) is 0.919. The van der Waals surface area contributed by atoms with E-state index in [1.54, 1.807) is 0 Å². The predicted molar refractivity (Wildman–Crippen MR) is 47.2 cm³/mol. The summed E-state index contributed by atoms with van der Waals surface area (Å²) in [6.45, 7) is 8.39. The van der Waals surface area contributed by atoms with E-state index in [1.165, 1.54) is 0 Å². The van der Waals surface area contributed by atoms with Crippen LogP contribution < -0.4 is 0 Å². The third kappa shape index (κ3) is 2.90. The fraction of sp³-hybridized carbons (Fsp3) is 0.889. The summed E-state index contributed by atoms with van der Waals surface area (Å²) in [6.07, 6.45) is 0.893. The molecule has 2 heteroatoms. The summed E-state index contributed by atoms with van der Waals surface area (Å²) < 4.78 is 0. The average molecular weight is 154 g/mol. The van der Waals surface area contributed by atoms with Crippen LogP contribution >= 0.6 is 0 Å². The number of nitriles is 1. The van der Waals surface area contributed by atoms with Crippen LogP contribution in [0.3, 0.4) is 0 Å². The van der Waals surface area contributed by atoms with E-state index in [9.17, 15) is 0 Å². The molecule has 0 amide bonds. The standard InChI is InChI=1S/C9H18N2/c1-6-8(7-10)11(5)9(2,3)4/h8H,6H2,1-5H3. The van der Waals surface area contributed by atoms with Crippen molar-refractivity contribution >= 4 is 0 Å². The Hall–Kier alpha value is -0.550. The molecule has 0 aromatic carbocycles. The number of hydrogen-bond acceptors (Lipinski definition) is 2. The molecule has 2 nitrogen and oxygen atoms in total. The largest absolute Gasteiger partial charge is 0.286 e. The van der Waals surface area contributed by atoms with Crippen molar-refractivity contribution in [1.82, 2.24) is 4.90 Å². The van der Waals surface area contributed by atoms with E-state index in [0.717, 1.165) is 6.42 Å². The Bertz CT molecular complexity index is 150. The molecule has 0 bridgehead atoms. The van der Waals surface area contributed by atoms with Crippen molar-refractivity contribution < 1.29 is 0 Å². The number of hydrogen-bond donors (Lipinski definition) is 0. The molecule has 0 aliphatic carbocycles. The molecule has 0 heterocycles. The third-order valence-corrected chi connectivity index (χ3v) is 2.06. The van der Waals surface area contributed by atoms with Crippen LogP contribution in [0.25, 0.3) is 0 Å². The van der Waals surface area contributed by atoms with Gasteiger partial charge in [0.15, 0.2) is 0 Å². The van der Waals surface area contributed by atoms with Gasteiger partial charge in [-0.15, -0.1) is 0 Å². The van der Waals surface area contributed by atoms with E-state index in [1.807, 2.05) is 14.0 Å². The molecule has 0 aromatic rings. The summed E-state index contributed by atoms with van der Waals surface area (Å²) in [5, 5.41) is 8.77. The first-order valence-corrected chi connectivity index (χ1v) is 4.06. The van der Waals surface area contributed by atoms with E-state index < -0.39 is 0 Å². The number of rotatable bonds is 2. The highest BCUT2D eigenvalue weighted by molar-refractivity contribution is 4.93. The quantitative estimate of drug-likeness (QED) is 0.608. The Kier molecular flexibility index (Phi) is 3.54. The van der Waals surface area contributed by atoms with E-state index in [2.05, 4.69) is 31.7 Å². The van der Waals surface area contributed by atoms with Gasteiger partial charge in [-0.05, 0) is 34.2 Å². The fourth-order valence-electron chi connectivity index (χ4n) is 0.919. The van der Waals surface area contributed by atoms with Gasteiger partial charge in [-0.2, -0.15) is 5.26 Å². The molecule has 0 radical (unpaired) electrons. The van der Waals surface area contributed by atoms with Gasteiger partial charge in [0.2, 0.25) is 0 Å². The van der Waals surface area contributed by atoms with Crippen LogP contribution in [0.4, 0.5) is 0 Å². The molecule has 0 aliphatic rings. The highest BCUT2D eigenvalue weighted by Gasteiger charge is 2.23. The van der Waals surface area contributed by atoms with Gasteiger partial charge in [0.25, 0.3) is 0 Å². The normalized spacial score (nSPS) is 14.6. The summed E-state index contributed by atoms with van der Waals surface area (Å²) in [5.41, 5.74) is 0.0937. The second-order valence-corrected chi connectivity index (χ2v) is 3.83. The Morgan fingerprint density at radius 2 is 1.91 bits per heavy atom. The molecular weight excluding hydrogens is 136 g/mol. The van der Waals surface area contributed by atoms with Gasteiger partial charge in [0.1, 0.15) is 0 Å². The van der Waals surface area contributed by atoms with Crippen molar-refractivity contribution in [3.63, 3.8) is 0 Å². The highest BCUT2D eigenvalue weighted by Crippen LogP contribution is 2.15. The SMILES string of the molecule is CCC(C#N)N(C)C(C)(C)C. The summed E-state index contributed by atoms with van der Waals surface area (Å²) >= 11 is 0. The predicted octanol–water partition coefficient (Wildman–Crippen LogP) is 2.02. The highest BCUT2D eigenvalue weighted by atomic mass is 15.2. The van der Waals surface area contributed by atoms with Crippen molar-refractivity contribution in [2.24, 2.45) is 0 Å². The van der Waals surface area contributed by atoms with Crippen molar-refractivity contribution in [2.45, 2.75) is 45.7 Å². The van der Waals surface area contributed by atoms with Crippen molar-refractivity contribution in [1.29, 1.82) is 5.26 Å². The van der Waals surface area contributed by atoms with Gasteiger partial charge in [0.05, 0.1) is 12.1 Å². The molecule has 0 fully saturated rings. The maximum absolute atomic E-state index is 8.77. The third-order valence-electron chi connectivity index (χ3n) is 2.06. The zero-order valence-electron chi connectivity index (χ0n) is 8.18. The van der Waals surface area contributed by atoms with Crippen molar-refractivity contribution in [3.05, 3.63) is 0 Å². The molecule has 1 unspecified atom stereocenters. The van der Waals surface area contributed by atoms with E-state index >= 15 is 0 Å². The first kappa shape index (κ1) is 10.4. The monoisotopic (exact) mass is 154 g/mol. The van der Waals surface area contributed by atoms with Crippen LogP contribution in [-0.2, 0) is 0 Å². The van der Waals surface area contributed by atoms with E-state index in [0.29, 0.717) is 0 Å². The molecule has 0 aromatic heterocycles. The molecule has 11 heavy (non-hydrogen) atoms. The Morgan fingerprint density at radius 1 is 1.45 bits per heavy atom. The van der Waals surface area contributed by atoms with Crippen LogP contribution in [0.5, 0.6) is 0 Å². The van der Waals surface area contributed by atoms with Gasteiger partial charge >= 0.3 is 0 Å². The van der Waals surface area contributed by atoms with Crippen LogP contribution in [0.1, 0.15) is 34.1 Å². The maximum Gasteiger partial charge on any atom is 0.0976 e. The molecule has 0 saturated carbocycles. The van der Waals surface area contributed by atoms with Crippen molar-refractivity contribution in [3.8, 4) is 6.07 Å².